The Balaban J connectivity index is 2.13. The molecular weight excluding hydrogens is 208 g/mol. The molecule has 1 fully saturated rings. The van der Waals surface area contributed by atoms with Gasteiger partial charge >= 0.3 is 0 Å². The van der Waals surface area contributed by atoms with Crippen LogP contribution in [0.5, 0.6) is 0 Å². The molecule has 0 aromatic carbocycles. The Hall–Kier alpha value is 0.730. The van der Waals surface area contributed by atoms with E-state index in [9.17, 15) is 0 Å². The fourth-order valence-electron chi connectivity index (χ4n) is 1.52. The van der Waals surface area contributed by atoms with Crippen molar-refractivity contribution < 1.29 is 0 Å². The van der Waals surface area contributed by atoms with E-state index in [-0.39, 0.29) is 0 Å². The summed E-state index contributed by atoms with van der Waals surface area (Å²) in [5.74, 6) is 2.07. The summed E-state index contributed by atoms with van der Waals surface area (Å²) in [6, 6.07) is 0. The van der Waals surface area contributed by atoms with Crippen molar-refractivity contribution in [3.63, 3.8) is 0 Å². The molecule has 0 spiro atoms. The van der Waals surface area contributed by atoms with Crippen molar-refractivity contribution in [2.24, 2.45) is 5.92 Å². The highest BCUT2D eigenvalue weighted by atomic mass is 35.5. The van der Waals surface area contributed by atoms with Gasteiger partial charge in [0.05, 0.1) is 0 Å². The van der Waals surface area contributed by atoms with Gasteiger partial charge in [0.2, 0.25) is 0 Å². The highest BCUT2D eigenvalue weighted by molar-refractivity contribution is 8.23. The van der Waals surface area contributed by atoms with Crippen molar-refractivity contribution in [3.8, 4) is 0 Å². The summed E-state index contributed by atoms with van der Waals surface area (Å²) < 4.78 is 1.07. The molecule has 1 aliphatic rings. The van der Waals surface area contributed by atoms with Gasteiger partial charge in [-0.1, -0.05) is 12.2 Å². The first-order chi connectivity index (χ1) is 5.68. The first-order valence-electron chi connectivity index (χ1n) is 4.46. The second-order valence-electron chi connectivity index (χ2n) is 3.42. The maximum atomic E-state index is 6.01. The molecule has 70 valence electrons. The minimum atomic E-state index is 0.444. The van der Waals surface area contributed by atoms with Gasteiger partial charge in [-0.15, -0.1) is 23.4 Å². The van der Waals surface area contributed by atoms with Crippen LogP contribution in [0.15, 0.2) is 0 Å². The number of hydrogen-bond donors (Lipinski definition) is 0. The van der Waals surface area contributed by atoms with E-state index in [1.807, 2.05) is 18.7 Å². The van der Waals surface area contributed by atoms with Gasteiger partial charge in [-0.2, -0.15) is 0 Å². The molecule has 0 N–H and O–H groups in total. The zero-order valence-electron chi connectivity index (χ0n) is 7.38. The molecule has 0 heterocycles. The number of halogens is 1. The molecule has 0 atom stereocenters. The van der Waals surface area contributed by atoms with Gasteiger partial charge in [0, 0.05) is 15.3 Å². The number of alkyl halides is 1. The van der Waals surface area contributed by atoms with Crippen molar-refractivity contribution in [1.82, 2.24) is 0 Å². The zero-order chi connectivity index (χ0) is 8.97. The van der Waals surface area contributed by atoms with Gasteiger partial charge in [0.15, 0.2) is 0 Å². The number of thioether (sulfide) groups is 1. The molecular formula is C9H15ClS2. The summed E-state index contributed by atoms with van der Waals surface area (Å²) in [4.78, 5) is 0. The number of rotatable bonds is 2. The first-order valence-corrected chi connectivity index (χ1v) is 6.29. The highest BCUT2D eigenvalue weighted by Crippen LogP contribution is 2.29. The van der Waals surface area contributed by atoms with E-state index in [1.54, 1.807) is 0 Å². The molecule has 0 aromatic rings. The van der Waals surface area contributed by atoms with Crippen molar-refractivity contribution in [2.45, 2.75) is 38.0 Å². The summed E-state index contributed by atoms with van der Waals surface area (Å²) in [6.45, 7) is 2.01. The van der Waals surface area contributed by atoms with Gasteiger partial charge < -0.3 is 0 Å². The van der Waals surface area contributed by atoms with Crippen LogP contribution in [0.2, 0.25) is 0 Å². The largest absolute Gasteiger partial charge is 0.123 e. The summed E-state index contributed by atoms with van der Waals surface area (Å²) >= 11 is 12.9. The summed E-state index contributed by atoms with van der Waals surface area (Å²) in [6.07, 6.45) is 4.99. The van der Waals surface area contributed by atoms with E-state index < -0.39 is 0 Å². The molecule has 1 saturated carbocycles. The molecule has 0 amide bonds. The molecule has 0 unspecified atom stereocenters. The molecule has 1 aliphatic carbocycles. The monoisotopic (exact) mass is 222 g/mol. The molecule has 0 bridgehead atoms. The molecule has 3 heteroatoms. The Kier molecular flexibility index (Phi) is 4.92. The Bertz CT molecular complexity index is 151. The van der Waals surface area contributed by atoms with Crippen LogP contribution in [0.3, 0.4) is 0 Å². The van der Waals surface area contributed by atoms with Gasteiger partial charge in [0.1, 0.15) is 0 Å². The average molecular weight is 223 g/mol. The van der Waals surface area contributed by atoms with Crippen LogP contribution in [0.4, 0.5) is 0 Å². The van der Waals surface area contributed by atoms with E-state index in [2.05, 4.69) is 0 Å². The Labute approximate surface area is 89.4 Å². The Morgan fingerprint density at radius 2 is 2.00 bits per heavy atom. The predicted molar refractivity (Wildman–Crippen MR) is 62.3 cm³/mol. The fourth-order valence-corrected chi connectivity index (χ4v) is 2.78. The molecule has 0 radical (unpaired) electrons. The van der Waals surface area contributed by atoms with Crippen molar-refractivity contribution in [1.29, 1.82) is 0 Å². The summed E-state index contributed by atoms with van der Waals surface area (Å²) in [7, 11) is 0. The van der Waals surface area contributed by atoms with Crippen LogP contribution < -0.4 is 0 Å². The molecule has 0 nitrogen and oxygen atoms in total. The maximum absolute atomic E-state index is 6.01. The van der Waals surface area contributed by atoms with Crippen molar-refractivity contribution in [2.75, 3.05) is 5.75 Å². The third-order valence-corrected chi connectivity index (χ3v) is 4.13. The van der Waals surface area contributed by atoms with E-state index in [4.69, 9.17) is 23.8 Å². The number of thiocarbonyl (C=S) groups is 1. The number of hydrogen-bond acceptors (Lipinski definition) is 2. The maximum Gasteiger partial charge on any atom is 0.0447 e. The highest BCUT2D eigenvalue weighted by Gasteiger charge is 2.19. The second-order valence-corrected chi connectivity index (χ2v) is 6.14. The van der Waals surface area contributed by atoms with E-state index in [0.29, 0.717) is 5.38 Å². The molecule has 0 aromatic heterocycles. The topological polar surface area (TPSA) is 0 Å². The summed E-state index contributed by atoms with van der Waals surface area (Å²) in [5.41, 5.74) is 0. The smallest absolute Gasteiger partial charge is 0.0447 e. The lowest BCUT2D eigenvalue weighted by molar-refractivity contribution is 0.396. The van der Waals surface area contributed by atoms with Crippen LogP contribution in [-0.2, 0) is 0 Å². The summed E-state index contributed by atoms with van der Waals surface area (Å²) in [5, 5.41) is 0.444. The van der Waals surface area contributed by atoms with Crippen molar-refractivity contribution in [3.05, 3.63) is 0 Å². The Morgan fingerprint density at radius 3 is 2.50 bits per heavy atom. The van der Waals surface area contributed by atoms with E-state index in [1.165, 1.54) is 31.4 Å². The first kappa shape index (κ1) is 10.8. The van der Waals surface area contributed by atoms with Gasteiger partial charge in [-0.05, 0) is 38.5 Å². The fraction of sp³-hybridized carbons (Fsp3) is 0.889. The molecule has 0 saturated heterocycles. The quantitative estimate of drug-likeness (QED) is 0.514. The van der Waals surface area contributed by atoms with Gasteiger partial charge in [-0.25, -0.2) is 0 Å². The zero-order valence-corrected chi connectivity index (χ0v) is 9.77. The molecule has 1 rings (SSSR count). The van der Waals surface area contributed by atoms with Gasteiger partial charge in [-0.3, -0.25) is 0 Å². The van der Waals surface area contributed by atoms with Gasteiger partial charge in [0.25, 0.3) is 0 Å². The van der Waals surface area contributed by atoms with E-state index >= 15 is 0 Å². The lowest BCUT2D eigenvalue weighted by atomic mass is 9.90. The third-order valence-electron chi connectivity index (χ3n) is 2.30. The standard InChI is InChI=1S/C9H15ClS2/c1-7(11)12-6-8-2-4-9(10)5-3-8/h8-9H,2-6H2,1H3. The third kappa shape index (κ3) is 4.11. The average Bonchev–Trinajstić information content (AvgIpc) is 2.03. The molecule has 0 aliphatic heterocycles. The predicted octanol–water partition coefficient (Wildman–Crippen LogP) is 3.86. The minimum absolute atomic E-state index is 0.444. The SMILES string of the molecule is CC(=S)SCC1CCC(Cl)CC1. The van der Waals surface area contributed by atoms with E-state index in [0.717, 1.165) is 10.1 Å². The lowest BCUT2D eigenvalue weighted by Gasteiger charge is -2.24. The van der Waals surface area contributed by atoms with Crippen LogP contribution >= 0.6 is 35.6 Å². The molecule has 12 heavy (non-hydrogen) atoms. The lowest BCUT2D eigenvalue weighted by Crippen LogP contribution is -2.16. The van der Waals surface area contributed by atoms with Crippen LogP contribution in [0.25, 0.3) is 0 Å². The van der Waals surface area contributed by atoms with Crippen LogP contribution in [-0.4, -0.2) is 15.3 Å². The Morgan fingerprint density at radius 1 is 1.42 bits per heavy atom. The van der Waals surface area contributed by atoms with Crippen LogP contribution in [0.1, 0.15) is 32.6 Å². The van der Waals surface area contributed by atoms with Crippen molar-refractivity contribution >= 4 is 39.8 Å². The second kappa shape index (κ2) is 5.46. The van der Waals surface area contributed by atoms with Crippen LogP contribution in [0, 0.1) is 5.92 Å². The minimum Gasteiger partial charge on any atom is -0.123 e. The normalized spacial score (nSPS) is 30.2.